The number of benzene rings is 1. The van der Waals surface area contributed by atoms with Crippen molar-refractivity contribution in [3.8, 4) is 11.4 Å². The third-order valence-corrected chi connectivity index (χ3v) is 5.59. The standard InChI is InChI=1S/C22H27N5O/c1-16-4-3-5-19(12-16)21-24-13-17(14-25-21)15-27-9-6-18(7-10-27)20(28)22-23-8-11-26(22)2/h3-5,8,11-14,18,20,28H,6-7,9-10,15H2,1-2H3/t20-/m0/s1. The zero-order chi connectivity index (χ0) is 19.5. The molecule has 1 aromatic carbocycles. The lowest BCUT2D eigenvalue weighted by Gasteiger charge is -2.33. The molecule has 2 aromatic heterocycles. The number of hydrogen-bond donors (Lipinski definition) is 1. The predicted molar refractivity (Wildman–Crippen MR) is 108 cm³/mol. The van der Waals surface area contributed by atoms with Crippen LogP contribution < -0.4 is 0 Å². The lowest BCUT2D eigenvalue weighted by atomic mass is 9.90. The Kier molecular flexibility index (Phi) is 5.50. The SMILES string of the molecule is Cc1cccc(-c2ncc(CN3CCC([C@H](O)c4nccn4C)CC3)cn2)c1. The highest BCUT2D eigenvalue weighted by Crippen LogP contribution is 2.30. The van der Waals surface area contributed by atoms with Crippen molar-refractivity contribution in [3.63, 3.8) is 0 Å². The topological polar surface area (TPSA) is 67.1 Å². The maximum atomic E-state index is 10.6. The van der Waals surface area contributed by atoms with Crippen molar-refractivity contribution in [2.24, 2.45) is 13.0 Å². The maximum Gasteiger partial charge on any atom is 0.159 e. The van der Waals surface area contributed by atoms with Gasteiger partial charge < -0.3 is 9.67 Å². The lowest BCUT2D eigenvalue weighted by molar-refractivity contribution is 0.0491. The van der Waals surface area contributed by atoms with Gasteiger partial charge in [0.2, 0.25) is 0 Å². The van der Waals surface area contributed by atoms with Crippen LogP contribution in [0.2, 0.25) is 0 Å². The van der Waals surface area contributed by atoms with Crippen LogP contribution in [0.5, 0.6) is 0 Å². The molecule has 6 heteroatoms. The van der Waals surface area contributed by atoms with Gasteiger partial charge in [0.25, 0.3) is 0 Å². The van der Waals surface area contributed by atoms with Crippen molar-refractivity contribution < 1.29 is 5.11 Å². The quantitative estimate of drug-likeness (QED) is 0.740. The van der Waals surface area contributed by atoms with Crippen LogP contribution in [0.1, 0.15) is 35.9 Å². The normalized spacial score (nSPS) is 17.0. The van der Waals surface area contributed by atoms with Gasteiger partial charge in [0.1, 0.15) is 11.9 Å². The van der Waals surface area contributed by atoms with Crippen LogP contribution in [0.15, 0.2) is 49.1 Å². The van der Waals surface area contributed by atoms with Crippen LogP contribution >= 0.6 is 0 Å². The monoisotopic (exact) mass is 377 g/mol. The van der Waals surface area contributed by atoms with Crippen molar-refractivity contribution in [1.82, 2.24) is 24.4 Å². The summed E-state index contributed by atoms with van der Waals surface area (Å²) in [5.41, 5.74) is 3.39. The van der Waals surface area contributed by atoms with E-state index in [-0.39, 0.29) is 5.92 Å². The molecule has 1 saturated heterocycles. The molecule has 146 valence electrons. The molecular formula is C22H27N5O. The smallest absolute Gasteiger partial charge is 0.159 e. The van der Waals surface area contributed by atoms with E-state index in [4.69, 9.17) is 0 Å². The summed E-state index contributed by atoms with van der Waals surface area (Å²) in [6.45, 7) is 4.85. The molecular weight excluding hydrogens is 350 g/mol. The lowest BCUT2D eigenvalue weighted by Crippen LogP contribution is -2.35. The van der Waals surface area contributed by atoms with Crippen LogP contribution in [0.3, 0.4) is 0 Å². The largest absolute Gasteiger partial charge is 0.385 e. The molecule has 6 nitrogen and oxygen atoms in total. The van der Waals surface area contributed by atoms with Crippen molar-refractivity contribution in [2.75, 3.05) is 13.1 Å². The molecule has 4 rings (SSSR count). The van der Waals surface area contributed by atoms with Gasteiger partial charge in [-0.25, -0.2) is 15.0 Å². The van der Waals surface area contributed by atoms with Gasteiger partial charge in [-0.2, -0.15) is 0 Å². The fourth-order valence-corrected chi connectivity index (χ4v) is 3.93. The van der Waals surface area contributed by atoms with E-state index in [1.807, 2.05) is 42.3 Å². The number of nitrogens with zero attached hydrogens (tertiary/aromatic N) is 5. The molecule has 1 atom stereocenters. The third kappa shape index (κ3) is 4.13. The Labute approximate surface area is 165 Å². The summed E-state index contributed by atoms with van der Waals surface area (Å²) in [5, 5.41) is 10.6. The molecule has 0 bridgehead atoms. The Morgan fingerprint density at radius 2 is 1.89 bits per heavy atom. The van der Waals surface area contributed by atoms with Crippen molar-refractivity contribution >= 4 is 0 Å². The van der Waals surface area contributed by atoms with Gasteiger partial charge in [0, 0.05) is 49.5 Å². The minimum atomic E-state index is -0.487. The Morgan fingerprint density at radius 1 is 1.14 bits per heavy atom. The summed E-state index contributed by atoms with van der Waals surface area (Å²) in [4.78, 5) is 15.8. The van der Waals surface area contributed by atoms with E-state index < -0.39 is 6.10 Å². The van der Waals surface area contributed by atoms with Crippen molar-refractivity contribution in [1.29, 1.82) is 0 Å². The first-order chi connectivity index (χ1) is 13.6. The fraction of sp³-hybridized carbons (Fsp3) is 0.409. The summed E-state index contributed by atoms with van der Waals surface area (Å²) in [5.74, 6) is 1.79. The molecule has 1 aliphatic rings. The van der Waals surface area contributed by atoms with E-state index >= 15 is 0 Å². The summed E-state index contributed by atoms with van der Waals surface area (Å²) < 4.78 is 1.91. The summed E-state index contributed by atoms with van der Waals surface area (Å²) in [7, 11) is 1.93. The average molecular weight is 377 g/mol. The molecule has 0 saturated carbocycles. The van der Waals surface area contributed by atoms with Crippen molar-refractivity contribution in [3.05, 3.63) is 66.0 Å². The van der Waals surface area contributed by atoms with E-state index in [9.17, 15) is 5.11 Å². The molecule has 1 aliphatic heterocycles. The second-order valence-electron chi connectivity index (χ2n) is 7.74. The number of aliphatic hydroxyl groups excluding tert-OH is 1. The molecule has 0 aliphatic carbocycles. The summed E-state index contributed by atoms with van der Waals surface area (Å²) >= 11 is 0. The van der Waals surface area contributed by atoms with Crippen molar-refractivity contribution in [2.45, 2.75) is 32.4 Å². The van der Waals surface area contributed by atoms with Crippen LogP contribution in [0.4, 0.5) is 0 Å². The van der Waals surface area contributed by atoms with Crippen LogP contribution in [0.25, 0.3) is 11.4 Å². The highest BCUT2D eigenvalue weighted by atomic mass is 16.3. The molecule has 28 heavy (non-hydrogen) atoms. The number of likely N-dealkylation sites (tertiary alicyclic amines) is 1. The predicted octanol–water partition coefficient (Wildman–Crippen LogP) is 3.13. The Morgan fingerprint density at radius 3 is 2.54 bits per heavy atom. The zero-order valence-electron chi connectivity index (χ0n) is 16.5. The van der Waals surface area contributed by atoms with Crippen LogP contribution in [-0.2, 0) is 13.6 Å². The maximum absolute atomic E-state index is 10.6. The molecule has 0 radical (unpaired) electrons. The van der Waals surface area contributed by atoms with Gasteiger partial charge in [-0.15, -0.1) is 0 Å². The highest BCUT2D eigenvalue weighted by Gasteiger charge is 2.28. The van der Waals surface area contributed by atoms with Gasteiger partial charge in [0.15, 0.2) is 5.82 Å². The molecule has 1 N–H and O–H groups in total. The Hall–Kier alpha value is -2.57. The molecule has 0 unspecified atom stereocenters. The van der Waals surface area contributed by atoms with E-state index in [0.717, 1.165) is 55.3 Å². The molecule has 3 aromatic rings. The van der Waals surface area contributed by atoms with Crippen LogP contribution in [0, 0.1) is 12.8 Å². The molecule has 1 fully saturated rings. The fourth-order valence-electron chi connectivity index (χ4n) is 3.93. The highest BCUT2D eigenvalue weighted by molar-refractivity contribution is 5.55. The minimum Gasteiger partial charge on any atom is -0.385 e. The van der Waals surface area contributed by atoms with Gasteiger partial charge >= 0.3 is 0 Å². The van der Waals surface area contributed by atoms with Gasteiger partial charge in [-0.05, 0) is 44.8 Å². The molecule has 0 amide bonds. The number of aryl methyl sites for hydroxylation is 2. The molecule has 3 heterocycles. The number of rotatable bonds is 5. The second-order valence-corrected chi connectivity index (χ2v) is 7.74. The Bertz CT molecular complexity index is 913. The first-order valence-corrected chi connectivity index (χ1v) is 9.86. The van der Waals surface area contributed by atoms with Crippen LogP contribution in [-0.4, -0.2) is 42.6 Å². The van der Waals surface area contributed by atoms with Gasteiger partial charge in [-0.3, -0.25) is 4.90 Å². The van der Waals surface area contributed by atoms with Gasteiger partial charge in [0.05, 0.1) is 0 Å². The second kappa shape index (κ2) is 8.20. The zero-order valence-corrected chi connectivity index (χ0v) is 16.5. The van der Waals surface area contributed by atoms with E-state index in [0.29, 0.717) is 0 Å². The first-order valence-electron chi connectivity index (χ1n) is 9.86. The Balaban J connectivity index is 1.33. The van der Waals surface area contributed by atoms with E-state index in [2.05, 4.69) is 38.9 Å². The van der Waals surface area contributed by atoms with E-state index in [1.165, 1.54) is 5.56 Å². The first kappa shape index (κ1) is 18.8. The summed E-state index contributed by atoms with van der Waals surface area (Å²) in [6.07, 6.45) is 8.94. The molecule has 0 spiro atoms. The van der Waals surface area contributed by atoms with E-state index in [1.54, 1.807) is 6.20 Å². The van der Waals surface area contributed by atoms with Gasteiger partial charge in [-0.1, -0.05) is 23.8 Å². The third-order valence-electron chi connectivity index (χ3n) is 5.59. The number of hydrogen-bond acceptors (Lipinski definition) is 5. The number of imidazole rings is 1. The number of aromatic nitrogens is 4. The average Bonchev–Trinajstić information content (AvgIpc) is 3.14. The minimum absolute atomic E-state index is 0.261. The number of aliphatic hydroxyl groups is 1. The number of piperidine rings is 1. The summed E-state index contributed by atoms with van der Waals surface area (Å²) in [6, 6.07) is 8.25.